The average Bonchev–Trinajstić information content (AvgIpc) is 2.52. The summed E-state index contributed by atoms with van der Waals surface area (Å²) >= 11 is 2.22. The molecule has 1 fully saturated rings. The van der Waals surface area contributed by atoms with Gasteiger partial charge in [0, 0.05) is 4.43 Å². The molecule has 1 amide bonds. The fourth-order valence-corrected chi connectivity index (χ4v) is 2.39. The van der Waals surface area contributed by atoms with Crippen LogP contribution in [0.25, 0.3) is 0 Å². The molecule has 1 aliphatic rings. The van der Waals surface area contributed by atoms with E-state index in [9.17, 15) is 4.79 Å². The van der Waals surface area contributed by atoms with Crippen LogP contribution in [0.1, 0.15) is 34.6 Å². The third kappa shape index (κ3) is 5.27. The fraction of sp³-hybridized carbons (Fsp3) is 0.917. The molecule has 0 aliphatic carbocycles. The molecule has 1 rings (SSSR count). The van der Waals surface area contributed by atoms with Crippen LogP contribution in [0.2, 0.25) is 0 Å². The molecule has 0 aromatic heterocycles. The molecule has 0 saturated carbocycles. The molecule has 0 aromatic carbocycles. The highest BCUT2D eigenvalue weighted by atomic mass is 127. The normalized spacial score (nSPS) is 24.7. The number of carbonyl (C=O) groups is 1. The van der Waals surface area contributed by atoms with E-state index in [4.69, 9.17) is 14.2 Å². The van der Waals surface area contributed by atoms with Crippen molar-refractivity contribution in [1.82, 2.24) is 5.32 Å². The van der Waals surface area contributed by atoms with Crippen LogP contribution in [0.4, 0.5) is 4.79 Å². The monoisotopic (exact) mass is 371 g/mol. The van der Waals surface area contributed by atoms with Crippen LogP contribution in [0.15, 0.2) is 0 Å². The molecule has 106 valence electrons. The molecule has 1 aliphatic heterocycles. The Morgan fingerprint density at radius 2 is 2.17 bits per heavy atom. The highest BCUT2D eigenvalue weighted by molar-refractivity contribution is 14.1. The maximum atomic E-state index is 11.7. The van der Waals surface area contributed by atoms with Gasteiger partial charge in [-0.3, -0.25) is 0 Å². The van der Waals surface area contributed by atoms with Gasteiger partial charge in [-0.05, 0) is 34.6 Å². The molecule has 1 N–H and O–H groups in total. The SMILES string of the molecule is CC(C)(C)OC(=O)NC(CI)[C@H]1COC(C)(C)O1. The third-order valence-electron chi connectivity index (χ3n) is 2.35. The first-order valence-corrected chi connectivity index (χ1v) is 7.53. The van der Waals surface area contributed by atoms with Gasteiger partial charge in [0.25, 0.3) is 0 Å². The lowest BCUT2D eigenvalue weighted by Crippen LogP contribution is -2.47. The second-order valence-corrected chi connectivity index (χ2v) is 6.65. The van der Waals surface area contributed by atoms with E-state index in [2.05, 4.69) is 27.9 Å². The molecule has 5 nitrogen and oxygen atoms in total. The molecule has 1 heterocycles. The van der Waals surface area contributed by atoms with Crippen molar-refractivity contribution in [3.63, 3.8) is 0 Å². The van der Waals surface area contributed by atoms with Crippen molar-refractivity contribution in [1.29, 1.82) is 0 Å². The molecule has 6 heteroatoms. The average molecular weight is 371 g/mol. The minimum absolute atomic E-state index is 0.109. The van der Waals surface area contributed by atoms with Crippen LogP contribution in [0.5, 0.6) is 0 Å². The zero-order valence-electron chi connectivity index (χ0n) is 11.6. The zero-order valence-corrected chi connectivity index (χ0v) is 13.7. The first kappa shape index (κ1) is 16.0. The van der Waals surface area contributed by atoms with Crippen molar-refractivity contribution < 1.29 is 19.0 Å². The van der Waals surface area contributed by atoms with Gasteiger partial charge in [-0.15, -0.1) is 0 Å². The summed E-state index contributed by atoms with van der Waals surface area (Å²) in [5, 5.41) is 2.83. The minimum Gasteiger partial charge on any atom is -0.444 e. The fourth-order valence-electron chi connectivity index (χ4n) is 1.60. The molecule has 1 unspecified atom stereocenters. The number of alkyl halides is 1. The van der Waals surface area contributed by atoms with Crippen molar-refractivity contribution >= 4 is 28.7 Å². The Balaban J connectivity index is 2.50. The largest absolute Gasteiger partial charge is 0.444 e. The summed E-state index contributed by atoms with van der Waals surface area (Å²) in [6, 6.07) is -0.109. The quantitative estimate of drug-likeness (QED) is 0.612. The van der Waals surface area contributed by atoms with Gasteiger partial charge in [-0.1, -0.05) is 22.6 Å². The van der Waals surface area contributed by atoms with Gasteiger partial charge in [0.1, 0.15) is 11.7 Å². The Bertz CT molecular complexity index is 301. The molecule has 18 heavy (non-hydrogen) atoms. The van der Waals surface area contributed by atoms with Gasteiger partial charge in [-0.2, -0.15) is 0 Å². The summed E-state index contributed by atoms with van der Waals surface area (Å²) in [4.78, 5) is 11.7. The molecule has 0 bridgehead atoms. The standard InChI is InChI=1S/C12H22INO4/c1-11(2,3)18-10(15)14-8(6-13)9-7-16-12(4,5)17-9/h8-9H,6-7H2,1-5H3,(H,14,15)/t8?,9-/m1/s1. The maximum Gasteiger partial charge on any atom is 0.407 e. The van der Waals surface area contributed by atoms with E-state index >= 15 is 0 Å². The lowest BCUT2D eigenvalue weighted by molar-refractivity contribution is -0.140. The van der Waals surface area contributed by atoms with Crippen molar-refractivity contribution in [2.24, 2.45) is 0 Å². The van der Waals surface area contributed by atoms with E-state index in [1.165, 1.54) is 0 Å². The van der Waals surface area contributed by atoms with Crippen molar-refractivity contribution in [2.45, 2.75) is 58.2 Å². The van der Waals surface area contributed by atoms with Gasteiger partial charge >= 0.3 is 6.09 Å². The Kier molecular flexibility index (Phi) is 5.25. The van der Waals surface area contributed by atoms with E-state index < -0.39 is 17.5 Å². The number of ether oxygens (including phenoxy) is 3. The van der Waals surface area contributed by atoms with E-state index in [0.717, 1.165) is 4.43 Å². The van der Waals surface area contributed by atoms with Gasteiger partial charge in [0.2, 0.25) is 0 Å². The number of alkyl carbamates (subject to hydrolysis) is 1. The number of hydrogen-bond acceptors (Lipinski definition) is 4. The number of rotatable bonds is 3. The summed E-state index contributed by atoms with van der Waals surface area (Å²) in [7, 11) is 0. The van der Waals surface area contributed by atoms with Gasteiger partial charge in [0.15, 0.2) is 5.79 Å². The molecular weight excluding hydrogens is 349 g/mol. The van der Waals surface area contributed by atoms with Crippen LogP contribution >= 0.6 is 22.6 Å². The van der Waals surface area contributed by atoms with Crippen molar-refractivity contribution in [2.75, 3.05) is 11.0 Å². The Labute approximate surface area is 122 Å². The van der Waals surface area contributed by atoms with Gasteiger partial charge < -0.3 is 19.5 Å². The molecule has 1 saturated heterocycles. The van der Waals surface area contributed by atoms with E-state index in [1.54, 1.807) is 0 Å². The van der Waals surface area contributed by atoms with Gasteiger partial charge in [0.05, 0.1) is 12.6 Å². The number of nitrogens with one attached hydrogen (secondary N) is 1. The summed E-state index contributed by atoms with van der Waals surface area (Å²) in [5.74, 6) is -0.579. The zero-order chi connectivity index (χ0) is 14.0. The van der Waals surface area contributed by atoms with Crippen LogP contribution in [0, 0.1) is 0 Å². The highest BCUT2D eigenvalue weighted by Gasteiger charge is 2.38. The summed E-state index contributed by atoms with van der Waals surface area (Å²) < 4.78 is 17.2. The third-order valence-corrected chi connectivity index (χ3v) is 3.30. The minimum atomic E-state index is -0.579. The van der Waals surface area contributed by atoms with Crippen LogP contribution in [0.3, 0.4) is 0 Å². The second-order valence-electron chi connectivity index (χ2n) is 5.77. The molecule has 0 spiro atoms. The number of carbonyl (C=O) groups excluding carboxylic acids is 1. The number of amides is 1. The molecule has 2 atom stereocenters. The van der Waals surface area contributed by atoms with E-state index in [1.807, 2.05) is 34.6 Å². The maximum absolute atomic E-state index is 11.7. The van der Waals surface area contributed by atoms with Crippen molar-refractivity contribution in [3.8, 4) is 0 Å². The van der Waals surface area contributed by atoms with Crippen LogP contribution in [-0.2, 0) is 14.2 Å². The summed E-state index contributed by atoms with van der Waals surface area (Å²) in [5.41, 5.74) is -0.494. The first-order valence-electron chi connectivity index (χ1n) is 6.00. The van der Waals surface area contributed by atoms with E-state index in [0.29, 0.717) is 6.61 Å². The lowest BCUT2D eigenvalue weighted by atomic mass is 10.2. The first-order chi connectivity index (χ1) is 8.13. The predicted molar refractivity (Wildman–Crippen MR) is 76.9 cm³/mol. The van der Waals surface area contributed by atoms with E-state index in [-0.39, 0.29) is 12.1 Å². The van der Waals surface area contributed by atoms with Gasteiger partial charge in [-0.25, -0.2) is 4.79 Å². The molecule has 0 radical (unpaired) electrons. The molecule has 0 aromatic rings. The Hall–Kier alpha value is -0.0800. The second kappa shape index (κ2) is 5.92. The number of halogens is 1. The summed E-state index contributed by atoms with van der Waals surface area (Å²) in [6.07, 6.45) is -0.554. The van der Waals surface area contributed by atoms with Crippen LogP contribution in [-0.4, -0.2) is 40.7 Å². The lowest BCUT2D eigenvalue weighted by Gasteiger charge is -2.26. The Morgan fingerprint density at radius 1 is 1.56 bits per heavy atom. The highest BCUT2D eigenvalue weighted by Crippen LogP contribution is 2.25. The Morgan fingerprint density at radius 3 is 2.56 bits per heavy atom. The predicted octanol–water partition coefficient (Wildman–Crippen LogP) is 2.47. The molecular formula is C12H22INO4. The topological polar surface area (TPSA) is 56.8 Å². The van der Waals surface area contributed by atoms with Crippen molar-refractivity contribution in [3.05, 3.63) is 0 Å². The smallest absolute Gasteiger partial charge is 0.407 e. The number of hydrogen-bond donors (Lipinski definition) is 1. The summed E-state index contributed by atoms with van der Waals surface area (Å²) in [6.45, 7) is 9.73. The van der Waals surface area contributed by atoms with Crippen LogP contribution < -0.4 is 5.32 Å².